The first kappa shape index (κ1) is 14.7. The smallest absolute Gasteiger partial charge is 0.0758 e. The molecule has 1 heterocycles. The van der Waals surface area contributed by atoms with E-state index in [2.05, 4.69) is 84.6 Å². The molecule has 4 heteroatoms. The number of benzene rings is 2. The van der Waals surface area contributed by atoms with Gasteiger partial charge in [0.25, 0.3) is 0 Å². The van der Waals surface area contributed by atoms with E-state index in [0.717, 1.165) is 32.9 Å². The van der Waals surface area contributed by atoms with E-state index in [-0.39, 0.29) is 0 Å². The van der Waals surface area contributed by atoms with Crippen molar-refractivity contribution in [2.45, 2.75) is 13.1 Å². The molecule has 2 nitrogen and oxygen atoms in total. The number of fused-ring (bicyclic) bond motifs is 1. The van der Waals surface area contributed by atoms with Gasteiger partial charge in [0.1, 0.15) is 0 Å². The van der Waals surface area contributed by atoms with Crippen LogP contribution in [0.25, 0.3) is 10.9 Å². The fraction of sp³-hybridized carbons (Fsp3) is 0.118. The van der Waals surface area contributed by atoms with Crippen LogP contribution >= 0.6 is 31.9 Å². The van der Waals surface area contributed by atoms with Crippen molar-refractivity contribution in [3.63, 3.8) is 0 Å². The van der Waals surface area contributed by atoms with E-state index >= 15 is 0 Å². The minimum Gasteiger partial charge on any atom is -0.309 e. The predicted molar refractivity (Wildman–Crippen MR) is 94.1 cm³/mol. The van der Waals surface area contributed by atoms with Crippen molar-refractivity contribution in [3.05, 3.63) is 74.8 Å². The molecule has 1 N–H and O–H groups in total. The van der Waals surface area contributed by atoms with Crippen molar-refractivity contribution in [3.8, 4) is 0 Å². The molecular formula is C17H14Br2N2. The molecule has 0 aliphatic heterocycles. The fourth-order valence-electron chi connectivity index (χ4n) is 2.28. The number of rotatable bonds is 4. The molecule has 1 aromatic heterocycles. The van der Waals surface area contributed by atoms with Gasteiger partial charge in [-0.25, -0.2) is 0 Å². The molecule has 3 aromatic rings. The van der Waals surface area contributed by atoms with Crippen LogP contribution in [0.1, 0.15) is 11.1 Å². The number of nitrogens with one attached hydrogen (secondary N) is 1. The van der Waals surface area contributed by atoms with Gasteiger partial charge in [-0.2, -0.15) is 0 Å². The highest BCUT2D eigenvalue weighted by Crippen LogP contribution is 2.25. The molecule has 106 valence electrons. The second-order valence-electron chi connectivity index (χ2n) is 4.84. The van der Waals surface area contributed by atoms with E-state index in [1.807, 2.05) is 12.3 Å². The summed E-state index contributed by atoms with van der Waals surface area (Å²) >= 11 is 7.03. The standard InChI is InChI=1S/C17H14Br2N2/c18-14-6-3-12(4-7-14)10-20-11-13-5-8-16(19)15-2-1-9-21-17(13)15/h1-9,20H,10-11H2. The first-order chi connectivity index (χ1) is 10.2. The maximum absolute atomic E-state index is 4.50. The van der Waals surface area contributed by atoms with Crippen LogP contribution in [0.15, 0.2) is 63.7 Å². The Morgan fingerprint density at radius 2 is 1.71 bits per heavy atom. The molecule has 21 heavy (non-hydrogen) atoms. The molecule has 0 spiro atoms. The molecule has 0 atom stereocenters. The van der Waals surface area contributed by atoms with Gasteiger partial charge in [0, 0.05) is 33.6 Å². The summed E-state index contributed by atoms with van der Waals surface area (Å²) in [5.74, 6) is 0. The fourth-order valence-corrected chi connectivity index (χ4v) is 3.00. The summed E-state index contributed by atoms with van der Waals surface area (Å²) in [5, 5.41) is 4.63. The van der Waals surface area contributed by atoms with E-state index in [9.17, 15) is 0 Å². The molecule has 3 rings (SSSR count). The summed E-state index contributed by atoms with van der Waals surface area (Å²) < 4.78 is 2.19. The Bertz CT molecular complexity index is 754. The van der Waals surface area contributed by atoms with E-state index in [1.165, 1.54) is 11.1 Å². The minimum absolute atomic E-state index is 0.802. The lowest BCUT2D eigenvalue weighted by Crippen LogP contribution is -2.13. The first-order valence-electron chi connectivity index (χ1n) is 6.71. The molecule has 0 aliphatic rings. The van der Waals surface area contributed by atoms with Gasteiger partial charge in [-0.1, -0.05) is 56.1 Å². The summed E-state index contributed by atoms with van der Waals surface area (Å²) in [7, 11) is 0. The van der Waals surface area contributed by atoms with Crippen molar-refractivity contribution in [1.29, 1.82) is 0 Å². The molecule has 0 amide bonds. The average molecular weight is 406 g/mol. The normalized spacial score (nSPS) is 11.0. The SMILES string of the molecule is Brc1ccc(CNCc2ccc(Br)c3cccnc23)cc1. The van der Waals surface area contributed by atoms with Gasteiger partial charge in [0.2, 0.25) is 0 Å². The zero-order chi connectivity index (χ0) is 14.7. The summed E-state index contributed by atoms with van der Waals surface area (Å²) in [6.45, 7) is 1.65. The van der Waals surface area contributed by atoms with Crippen LogP contribution in [-0.2, 0) is 13.1 Å². The number of hydrogen-bond donors (Lipinski definition) is 1. The lowest BCUT2D eigenvalue weighted by Gasteiger charge is -2.09. The molecule has 0 unspecified atom stereocenters. The van der Waals surface area contributed by atoms with Gasteiger partial charge in [-0.15, -0.1) is 0 Å². The third-order valence-corrected chi connectivity index (χ3v) is 4.58. The highest BCUT2D eigenvalue weighted by Gasteiger charge is 2.05. The van der Waals surface area contributed by atoms with E-state index in [0.29, 0.717) is 0 Å². The summed E-state index contributed by atoms with van der Waals surface area (Å²) in [6.07, 6.45) is 1.84. The summed E-state index contributed by atoms with van der Waals surface area (Å²) in [6, 6.07) is 16.6. The third-order valence-electron chi connectivity index (χ3n) is 3.36. The van der Waals surface area contributed by atoms with Crippen LogP contribution in [0.5, 0.6) is 0 Å². The summed E-state index contributed by atoms with van der Waals surface area (Å²) in [5.41, 5.74) is 3.54. The van der Waals surface area contributed by atoms with Gasteiger partial charge in [0.15, 0.2) is 0 Å². The molecule has 2 aromatic carbocycles. The Balaban J connectivity index is 1.74. The lowest BCUT2D eigenvalue weighted by atomic mass is 10.1. The average Bonchev–Trinajstić information content (AvgIpc) is 2.52. The first-order valence-corrected chi connectivity index (χ1v) is 8.30. The van der Waals surface area contributed by atoms with Gasteiger partial charge in [-0.3, -0.25) is 4.98 Å². The lowest BCUT2D eigenvalue weighted by molar-refractivity contribution is 0.695. The molecule has 0 radical (unpaired) electrons. The van der Waals surface area contributed by atoms with Crippen LogP contribution in [0.2, 0.25) is 0 Å². The van der Waals surface area contributed by atoms with Gasteiger partial charge >= 0.3 is 0 Å². The van der Waals surface area contributed by atoms with E-state index < -0.39 is 0 Å². The number of hydrogen-bond acceptors (Lipinski definition) is 2. The topological polar surface area (TPSA) is 24.9 Å². The van der Waals surface area contributed by atoms with E-state index in [1.54, 1.807) is 0 Å². The molecular weight excluding hydrogens is 392 g/mol. The number of aromatic nitrogens is 1. The second-order valence-corrected chi connectivity index (χ2v) is 6.61. The van der Waals surface area contributed by atoms with Crippen LogP contribution in [-0.4, -0.2) is 4.98 Å². The van der Waals surface area contributed by atoms with E-state index in [4.69, 9.17) is 0 Å². The number of pyridine rings is 1. The Hall–Kier alpha value is -1.23. The minimum atomic E-state index is 0.802. The number of nitrogens with zero attached hydrogens (tertiary/aromatic N) is 1. The summed E-state index contributed by atoms with van der Waals surface area (Å²) in [4.78, 5) is 4.50. The Morgan fingerprint density at radius 1 is 0.905 bits per heavy atom. The zero-order valence-corrected chi connectivity index (χ0v) is 14.5. The maximum atomic E-state index is 4.50. The molecule has 0 aliphatic carbocycles. The van der Waals surface area contributed by atoms with Crippen molar-refractivity contribution in [1.82, 2.24) is 10.3 Å². The van der Waals surface area contributed by atoms with Crippen LogP contribution in [0.3, 0.4) is 0 Å². The van der Waals surface area contributed by atoms with Gasteiger partial charge in [0.05, 0.1) is 5.52 Å². The van der Waals surface area contributed by atoms with Gasteiger partial charge < -0.3 is 5.32 Å². The maximum Gasteiger partial charge on any atom is 0.0758 e. The Morgan fingerprint density at radius 3 is 2.52 bits per heavy atom. The molecule has 0 saturated carbocycles. The molecule has 0 fully saturated rings. The zero-order valence-electron chi connectivity index (χ0n) is 11.3. The molecule has 0 bridgehead atoms. The van der Waals surface area contributed by atoms with Crippen molar-refractivity contribution < 1.29 is 0 Å². The quantitative estimate of drug-likeness (QED) is 0.656. The Labute approximate surface area is 140 Å². The predicted octanol–water partition coefficient (Wildman–Crippen LogP) is 5.05. The van der Waals surface area contributed by atoms with Gasteiger partial charge in [-0.05, 0) is 35.4 Å². The second kappa shape index (κ2) is 6.69. The highest BCUT2D eigenvalue weighted by molar-refractivity contribution is 9.11. The monoisotopic (exact) mass is 404 g/mol. The number of halogens is 2. The third kappa shape index (κ3) is 3.51. The van der Waals surface area contributed by atoms with Crippen LogP contribution < -0.4 is 5.32 Å². The van der Waals surface area contributed by atoms with Crippen molar-refractivity contribution >= 4 is 42.8 Å². The van der Waals surface area contributed by atoms with Crippen LogP contribution in [0, 0.1) is 0 Å². The highest BCUT2D eigenvalue weighted by atomic mass is 79.9. The largest absolute Gasteiger partial charge is 0.309 e. The van der Waals surface area contributed by atoms with Crippen molar-refractivity contribution in [2.24, 2.45) is 0 Å². The Kier molecular flexibility index (Phi) is 4.68. The molecule has 0 saturated heterocycles. The van der Waals surface area contributed by atoms with Crippen molar-refractivity contribution in [2.75, 3.05) is 0 Å². The van der Waals surface area contributed by atoms with Crippen LogP contribution in [0.4, 0.5) is 0 Å².